The Balaban J connectivity index is 1.96. The molecule has 1 N–H and O–H groups in total. The number of methoxy groups -OCH3 is 2. The lowest BCUT2D eigenvalue weighted by Gasteiger charge is -2.09. The van der Waals surface area contributed by atoms with Crippen LogP contribution in [0.4, 0.5) is 0 Å². The average molecular weight is 345 g/mol. The SMILES string of the molecule is COc1ccc(OC)c(/C=N/NC(=O)C(C)Sc2ccccn2)c1. The molecule has 0 radical (unpaired) electrons. The van der Waals surface area contributed by atoms with E-state index in [9.17, 15) is 4.79 Å². The normalized spacial score (nSPS) is 12.0. The van der Waals surface area contributed by atoms with Crippen LogP contribution in [0.1, 0.15) is 12.5 Å². The van der Waals surface area contributed by atoms with E-state index < -0.39 is 0 Å². The zero-order valence-electron chi connectivity index (χ0n) is 13.7. The molecular formula is C17H19N3O3S. The number of hydrazone groups is 1. The Bertz CT molecular complexity index is 707. The monoisotopic (exact) mass is 345 g/mol. The summed E-state index contributed by atoms with van der Waals surface area (Å²) in [4.78, 5) is 16.3. The van der Waals surface area contributed by atoms with Crippen LogP contribution in [-0.4, -0.2) is 36.6 Å². The molecule has 0 bridgehead atoms. The highest BCUT2D eigenvalue weighted by Crippen LogP contribution is 2.22. The van der Waals surface area contributed by atoms with Crippen LogP contribution in [0, 0.1) is 0 Å². The van der Waals surface area contributed by atoms with E-state index in [4.69, 9.17) is 9.47 Å². The summed E-state index contributed by atoms with van der Waals surface area (Å²) in [6.45, 7) is 1.80. The molecule has 6 nitrogen and oxygen atoms in total. The van der Waals surface area contributed by atoms with Crippen molar-refractivity contribution in [3.05, 3.63) is 48.2 Å². The number of carbonyl (C=O) groups excluding carboxylic acids is 1. The Labute approximate surface area is 145 Å². The van der Waals surface area contributed by atoms with E-state index in [-0.39, 0.29) is 11.2 Å². The number of nitrogens with zero attached hydrogens (tertiary/aromatic N) is 2. The van der Waals surface area contributed by atoms with E-state index in [0.717, 1.165) is 5.03 Å². The molecule has 2 aromatic rings. The summed E-state index contributed by atoms with van der Waals surface area (Å²) < 4.78 is 10.4. The third-order valence-electron chi connectivity index (χ3n) is 3.12. The summed E-state index contributed by atoms with van der Waals surface area (Å²) in [5.41, 5.74) is 3.24. The fraction of sp³-hybridized carbons (Fsp3) is 0.235. The maximum atomic E-state index is 12.1. The molecule has 0 saturated carbocycles. The molecule has 24 heavy (non-hydrogen) atoms. The van der Waals surface area contributed by atoms with Gasteiger partial charge < -0.3 is 9.47 Å². The molecule has 0 fully saturated rings. The van der Waals surface area contributed by atoms with Crippen molar-refractivity contribution in [1.29, 1.82) is 0 Å². The Kier molecular flexibility index (Phi) is 6.62. The number of benzene rings is 1. The molecule has 1 heterocycles. The second kappa shape index (κ2) is 8.93. The third-order valence-corrected chi connectivity index (χ3v) is 4.17. The number of hydrogen-bond donors (Lipinski definition) is 1. The number of amides is 1. The first kappa shape index (κ1) is 17.8. The predicted molar refractivity (Wildman–Crippen MR) is 94.8 cm³/mol. The van der Waals surface area contributed by atoms with Crippen LogP contribution in [0.15, 0.2) is 52.7 Å². The van der Waals surface area contributed by atoms with Gasteiger partial charge in [0.25, 0.3) is 5.91 Å². The second-order valence-corrected chi connectivity index (χ2v) is 6.13. The highest BCUT2D eigenvalue weighted by atomic mass is 32.2. The molecule has 1 aromatic heterocycles. The number of carbonyl (C=O) groups is 1. The largest absolute Gasteiger partial charge is 0.497 e. The van der Waals surface area contributed by atoms with Gasteiger partial charge in [-0.25, -0.2) is 10.4 Å². The van der Waals surface area contributed by atoms with Crippen LogP contribution >= 0.6 is 11.8 Å². The molecule has 1 aromatic carbocycles. The molecule has 0 saturated heterocycles. The molecule has 0 aliphatic rings. The van der Waals surface area contributed by atoms with Crippen molar-refractivity contribution in [2.45, 2.75) is 17.2 Å². The number of rotatable bonds is 7. The standard InChI is InChI=1S/C17H19N3O3S/c1-12(24-16-6-4-5-9-18-16)17(21)20-19-11-13-10-14(22-2)7-8-15(13)23-3/h4-12H,1-3H3,(H,20,21)/b19-11+. The first-order valence-electron chi connectivity index (χ1n) is 7.26. The molecule has 0 aliphatic carbocycles. The van der Waals surface area contributed by atoms with Crippen LogP contribution in [-0.2, 0) is 4.79 Å². The number of aromatic nitrogens is 1. The maximum Gasteiger partial charge on any atom is 0.253 e. The van der Waals surface area contributed by atoms with E-state index in [1.165, 1.54) is 18.0 Å². The molecule has 0 spiro atoms. The minimum absolute atomic E-state index is 0.205. The van der Waals surface area contributed by atoms with Gasteiger partial charge in [-0.1, -0.05) is 17.8 Å². The maximum absolute atomic E-state index is 12.1. The zero-order valence-corrected chi connectivity index (χ0v) is 14.5. The summed E-state index contributed by atoms with van der Waals surface area (Å²) in [5, 5.41) is 4.47. The van der Waals surface area contributed by atoms with Gasteiger partial charge in [0.1, 0.15) is 11.5 Å². The van der Waals surface area contributed by atoms with Crippen LogP contribution in [0.3, 0.4) is 0 Å². The molecule has 1 amide bonds. The lowest BCUT2D eigenvalue weighted by molar-refractivity contribution is -0.120. The number of ether oxygens (including phenoxy) is 2. The number of nitrogens with one attached hydrogen (secondary N) is 1. The molecule has 126 valence electrons. The first-order chi connectivity index (χ1) is 11.6. The lowest BCUT2D eigenvalue weighted by atomic mass is 10.2. The van der Waals surface area contributed by atoms with E-state index in [1.54, 1.807) is 45.5 Å². The van der Waals surface area contributed by atoms with Crippen molar-refractivity contribution >= 4 is 23.9 Å². The molecule has 2 rings (SSSR count). The molecule has 0 aliphatic heterocycles. The third kappa shape index (κ3) is 4.99. The predicted octanol–water partition coefficient (Wildman–Crippen LogP) is 2.73. The van der Waals surface area contributed by atoms with Crippen LogP contribution in [0.5, 0.6) is 11.5 Å². The lowest BCUT2D eigenvalue weighted by Crippen LogP contribution is -2.26. The molecule has 1 unspecified atom stereocenters. The van der Waals surface area contributed by atoms with Crippen LogP contribution in [0.2, 0.25) is 0 Å². The van der Waals surface area contributed by atoms with Gasteiger partial charge in [0.05, 0.1) is 30.7 Å². The van der Waals surface area contributed by atoms with E-state index in [1.807, 2.05) is 18.2 Å². The Morgan fingerprint density at radius 2 is 2.12 bits per heavy atom. The van der Waals surface area contributed by atoms with E-state index in [2.05, 4.69) is 15.5 Å². The average Bonchev–Trinajstić information content (AvgIpc) is 2.62. The first-order valence-corrected chi connectivity index (χ1v) is 8.14. The van der Waals surface area contributed by atoms with Gasteiger partial charge in [-0.2, -0.15) is 5.10 Å². The topological polar surface area (TPSA) is 72.8 Å². The van der Waals surface area contributed by atoms with Crippen LogP contribution < -0.4 is 14.9 Å². The van der Waals surface area contributed by atoms with Crippen molar-refractivity contribution in [2.24, 2.45) is 5.10 Å². The quantitative estimate of drug-likeness (QED) is 0.474. The van der Waals surface area contributed by atoms with Crippen molar-refractivity contribution in [3.63, 3.8) is 0 Å². The van der Waals surface area contributed by atoms with Gasteiger partial charge in [-0.15, -0.1) is 0 Å². The smallest absolute Gasteiger partial charge is 0.253 e. The van der Waals surface area contributed by atoms with Crippen molar-refractivity contribution in [2.75, 3.05) is 14.2 Å². The number of hydrogen-bond acceptors (Lipinski definition) is 6. The fourth-order valence-electron chi connectivity index (χ4n) is 1.85. The summed E-state index contributed by atoms with van der Waals surface area (Å²) in [7, 11) is 3.16. The molecule has 1 atom stereocenters. The Morgan fingerprint density at radius 3 is 2.79 bits per heavy atom. The van der Waals surface area contributed by atoms with Gasteiger partial charge in [-0.3, -0.25) is 4.79 Å². The molecule has 7 heteroatoms. The van der Waals surface area contributed by atoms with Gasteiger partial charge >= 0.3 is 0 Å². The van der Waals surface area contributed by atoms with Gasteiger partial charge in [0, 0.05) is 11.8 Å². The highest BCUT2D eigenvalue weighted by Gasteiger charge is 2.14. The van der Waals surface area contributed by atoms with E-state index in [0.29, 0.717) is 17.1 Å². The minimum Gasteiger partial charge on any atom is -0.497 e. The Hall–Kier alpha value is -2.54. The minimum atomic E-state index is -0.316. The number of pyridine rings is 1. The fourth-order valence-corrected chi connectivity index (χ4v) is 2.65. The summed E-state index contributed by atoms with van der Waals surface area (Å²) >= 11 is 1.37. The summed E-state index contributed by atoms with van der Waals surface area (Å²) in [5.74, 6) is 1.12. The highest BCUT2D eigenvalue weighted by molar-refractivity contribution is 8.00. The van der Waals surface area contributed by atoms with Crippen molar-refractivity contribution in [3.8, 4) is 11.5 Å². The van der Waals surface area contributed by atoms with E-state index >= 15 is 0 Å². The van der Waals surface area contributed by atoms with Gasteiger partial charge in [0.15, 0.2) is 0 Å². The molecular weight excluding hydrogens is 326 g/mol. The zero-order chi connectivity index (χ0) is 17.4. The second-order valence-electron chi connectivity index (χ2n) is 4.77. The van der Waals surface area contributed by atoms with Crippen molar-refractivity contribution < 1.29 is 14.3 Å². The Morgan fingerprint density at radius 1 is 1.29 bits per heavy atom. The van der Waals surface area contributed by atoms with Crippen molar-refractivity contribution in [1.82, 2.24) is 10.4 Å². The summed E-state index contributed by atoms with van der Waals surface area (Å²) in [6.07, 6.45) is 3.22. The van der Waals surface area contributed by atoms with Gasteiger partial charge in [0.2, 0.25) is 0 Å². The number of thioether (sulfide) groups is 1. The van der Waals surface area contributed by atoms with Gasteiger partial charge in [-0.05, 0) is 37.3 Å². The van der Waals surface area contributed by atoms with Crippen LogP contribution in [0.25, 0.3) is 0 Å². The summed E-state index contributed by atoms with van der Waals surface area (Å²) in [6, 6.07) is 10.9.